The van der Waals surface area contributed by atoms with Crippen LogP contribution < -0.4 is 0 Å². The number of fused-ring (bicyclic) bond motifs is 9. The highest BCUT2D eigenvalue weighted by atomic mass is 15.0. The maximum atomic E-state index is 4.69. The first-order valence-electron chi connectivity index (χ1n) is 21.3. The quantitative estimate of drug-likeness (QED) is 0.168. The molecular weight excluding hydrogens is 769 g/mol. The number of benzene rings is 8. The molecule has 0 radical (unpaired) electrons. The second kappa shape index (κ2) is 14.0. The highest BCUT2D eigenvalue weighted by molar-refractivity contribution is 6.17. The van der Waals surface area contributed by atoms with Gasteiger partial charge in [0.15, 0.2) is 11.6 Å². The third-order valence-corrected chi connectivity index (χ3v) is 12.8. The van der Waals surface area contributed by atoms with Crippen molar-refractivity contribution in [2.75, 3.05) is 0 Å². The van der Waals surface area contributed by atoms with Gasteiger partial charge in [0.25, 0.3) is 0 Å². The van der Waals surface area contributed by atoms with Crippen molar-refractivity contribution >= 4 is 43.6 Å². The molecule has 0 atom stereocenters. The topological polar surface area (TPSA) is 61.4 Å². The monoisotopic (exact) mass is 804 g/mol. The van der Waals surface area contributed by atoms with Crippen LogP contribution in [0.15, 0.2) is 207 Å². The number of rotatable bonds is 6. The Bertz CT molecular complexity index is 3490. The first-order valence-corrected chi connectivity index (χ1v) is 21.3. The van der Waals surface area contributed by atoms with E-state index in [4.69, 9.17) is 0 Å². The van der Waals surface area contributed by atoms with E-state index in [1.165, 1.54) is 55.3 Å². The van der Waals surface area contributed by atoms with Gasteiger partial charge in [-0.3, -0.25) is 0 Å². The van der Waals surface area contributed by atoms with E-state index >= 15 is 0 Å². The molecule has 0 spiro atoms. The largest absolute Gasteiger partial charge is 0.309 e. The van der Waals surface area contributed by atoms with E-state index in [1.54, 1.807) is 0 Å². The zero-order chi connectivity index (χ0) is 41.4. The minimum atomic E-state index is 0.720. The predicted octanol–water partition coefficient (Wildman–Crippen LogP) is 13.7. The molecular formula is C57H36N6. The molecule has 0 bridgehead atoms. The summed E-state index contributed by atoms with van der Waals surface area (Å²) in [7, 11) is 0. The Morgan fingerprint density at radius 1 is 0.317 bits per heavy atom. The molecule has 12 aromatic rings. The molecule has 4 heterocycles. The summed E-state index contributed by atoms with van der Waals surface area (Å²) in [5, 5.41) is 4.63. The molecule has 4 aromatic heterocycles. The smallest absolute Gasteiger partial charge is 0.159 e. The van der Waals surface area contributed by atoms with Gasteiger partial charge in [0.05, 0.1) is 22.1 Å². The molecule has 0 unspecified atom stereocenters. The van der Waals surface area contributed by atoms with Gasteiger partial charge in [0.2, 0.25) is 0 Å². The summed E-state index contributed by atoms with van der Waals surface area (Å²) in [6, 6.07) is 65.6. The molecule has 0 saturated heterocycles. The Kier molecular flexibility index (Phi) is 7.87. The lowest BCUT2D eigenvalue weighted by atomic mass is 9.95. The van der Waals surface area contributed by atoms with E-state index in [0.717, 1.165) is 73.4 Å². The summed E-state index contributed by atoms with van der Waals surface area (Å²) in [5.41, 5.74) is 18.8. The minimum absolute atomic E-state index is 0.720. The van der Waals surface area contributed by atoms with Crippen LogP contribution in [-0.4, -0.2) is 29.1 Å². The van der Waals surface area contributed by atoms with Crippen LogP contribution in [0.3, 0.4) is 0 Å². The fourth-order valence-electron chi connectivity index (χ4n) is 9.99. The maximum absolute atomic E-state index is 4.69. The van der Waals surface area contributed by atoms with Crippen molar-refractivity contribution in [2.24, 2.45) is 0 Å². The van der Waals surface area contributed by atoms with E-state index in [9.17, 15) is 0 Å². The molecule has 294 valence electrons. The highest BCUT2D eigenvalue weighted by Crippen LogP contribution is 2.45. The van der Waals surface area contributed by atoms with Crippen LogP contribution in [0.2, 0.25) is 0 Å². The molecule has 1 aliphatic rings. The Morgan fingerprint density at radius 2 is 0.730 bits per heavy atom. The van der Waals surface area contributed by atoms with Crippen molar-refractivity contribution in [1.82, 2.24) is 29.1 Å². The number of aromatic nitrogens is 6. The average molecular weight is 805 g/mol. The van der Waals surface area contributed by atoms with Crippen LogP contribution in [0.25, 0.3) is 111 Å². The number of hydrogen-bond donors (Lipinski definition) is 0. The second-order valence-corrected chi connectivity index (χ2v) is 16.3. The van der Waals surface area contributed by atoms with Gasteiger partial charge >= 0.3 is 0 Å². The zero-order valence-corrected chi connectivity index (χ0v) is 34.0. The molecule has 0 aliphatic heterocycles. The standard InChI is InChI=1S/C57H36N6/c1-3-11-42(12-4-1)62-50-25-23-38(34-48(50)54-44(15-7-17-52(54)62)56-58-27-9-28-59-56)36-19-21-40-31-41-22-20-37(33-47(41)46(40)32-36)39-24-26-51-49(35-39)55-45(57-60-29-10-30-61-57)16-8-18-53(55)63(51)43-13-5-2-6-14-43/h1-30,32-35H,31H2. The lowest BCUT2D eigenvalue weighted by molar-refractivity contribution is 1.17. The van der Waals surface area contributed by atoms with Crippen LogP contribution in [0.4, 0.5) is 0 Å². The Balaban J connectivity index is 0.947. The molecule has 0 amide bonds. The van der Waals surface area contributed by atoms with Gasteiger partial charge in [-0.1, -0.05) is 97.1 Å². The van der Waals surface area contributed by atoms with Crippen LogP contribution >= 0.6 is 0 Å². The lowest BCUT2D eigenvalue weighted by Gasteiger charge is -2.10. The lowest BCUT2D eigenvalue weighted by Crippen LogP contribution is -1.93. The third kappa shape index (κ3) is 5.58. The van der Waals surface area contributed by atoms with Gasteiger partial charge < -0.3 is 9.13 Å². The first kappa shape index (κ1) is 35.3. The second-order valence-electron chi connectivity index (χ2n) is 16.3. The predicted molar refractivity (Wildman–Crippen MR) is 256 cm³/mol. The van der Waals surface area contributed by atoms with E-state index < -0.39 is 0 Å². The normalized spacial score (nSPS) is 12.1. The van der Waals surface area contributed by atoms with Crippen LogP contribution in [0.1, 0.15) is 11.1 Å². The molecule has 0 fully saturated rings. The summed E-state index contributed by atoms with van der Waals surface area (Å²) in [5.74, 6) is 1.44. The number of para-hydroxylation sites is 2. The third-order valence-electron chi connectivity index (χ3n) is 12.8. The molecule has 63 heavy (non-hydrogen) atoms. The zero-order valence-electron chi connectivity index (χ0n) is 34.0. The molecule has 8 aromatic carbocycles. The van der Waals surface area contributed by atoms with Gasteiger partial charge in [-0.2, -0.15) is 0 Å². The Morgan fingerprint density at radius 3 is 1.17 bits per heavy atom. The van der Waals surface area contributed by atoms with Gasteiger partial charge in [-0.15, -0.1) is 0 Å². The van der Waals surface area contributed by atoms with Crippen LogP contribution in [0, 0.1) is 0 Å². The summed E-state index contributed by atoms with van der Waals surface area (Å²) in [4.78, 5) is 18.8. The van der Waals surface area contributed by atoms with Crippen molar-refractivity contribution in [3.05, 3.63) is 218 Å². The molecule has 1 aliphatic carbocycles. The molecule has 6 nitrogen and oxygen atoms in total. The van der Waals surface area contributed by atoms with E-state index in [0.29, 0.717) is 0 Å². The summed E-state index contributed by atoms with van der Waals surface area (Å²) in [6.45, 7) is 0. The van der Waals surface area contributed by atoms with E-state index in [2.05, 4.69) is 199 Å². The van der Waals surface area contributed by atoms with Crippen LogP contribution in [-0.2, 0) is 6.42 Å². The van der Waals surface area contributed by atoms with Crippen molar-refractivity contribution < 1.29 is 0 Å². The minimum Gasteiger partial charge on any atom is -0.309 e. The van der Waals surface area contributed by atoms with Crippen molar-refractivity contribution in [2.45, 2.75) is 6.42 Å². The fraction of sp³-hybridized carbons (Fsp3) is 0.0175. The average Bonchev–Trinajstić information content (AvgIpc) is 4.01. The molecule has 0 N–H and O–H groups in total. The molecule has 0 saturated carbocycles. The fourth-order valence-corrected chi connectivity index (χ4v) is 9.99. The highest BCUT2D eigenvalue weighted by Gasteiger charge is 2.23. The summed E-state index contributed by atoms with van der Waals surface area (Å²) < 4.78 is 4.71. The SMILES string of the molecule is c1ccc(-n2c3ccc(-c4ccc5c(c4)-c4cc(-c6ccc7c(c6)c6c(-c8ncccn8)cccc6n7-c6ccccc6)ccc4C5)cc3c3c(-c4ncccn4)cccc32)cc1. The molecule has 6 heteroatoms. The summed E-state index contributed by atoms with van der Waals surface area (Å²) in [6.07, 6.45) is 8.18. The van der Waals surface area contributed by atoms with Gasteiger partial charge in [-0.25, -0.2) is 19.9 Å². The number of hydrogen-bond acceptors (Lipinski definition) is 4. The van der Waals surface area contributed by atoms with Crippen molar-refractivity contribution in [3.8, 4) is 67.5 Å². The number of nitrogens with zero attached hydrogens (tertiary/aromatic N) is 6. The van der Waals surface area contributed by atoms with E-state index in [-0.39, 0.29) is 0 Å². The van der Waals surface area contributed by atoms with Gasteiger partial charge in [0.1, 0.15) is 0 Å². The van der Waals surface area contributed by atoms with Gasteiger partial charge in [0, 0.05) is 68.8 Å². The Hall–Kier alpha value is -8.48. The first-order chi connectivity index (χ1) is 31.2. The molecule has 13 rings (SSSR count). The van der Waals surface area contributed by atoms with Crippen LogP contribution in [0.5, 0.6) is 0 Å². The summed E-state index contributed by atoms with van der Waals surface area (Å²) >= 11 is 0. The van der Waals surface area contributed by atoms with Gasteiger partial charge in [-0.05, 0) is 136 Å². The van der Waals surface area contributed by atoms with Crippen molar-refractivity contribution in [1.29, 1.82) is 0 Å². The maximum Gasteiger partial charge on any atom is 0.159 e. The van der Waals surface area contributed by atoms with E-state index in [1.807, 2.05) is 36.9 Å². The Labute approximate surface area is 363 Å². The van der Waals surface area contributed by atoms with Crippen molar-refractivity contribution in [3.63, 3.8) is 0 Å².